The van der Waals surface area contributed by atoms with Crippen LogP contribution in [0.3, 0.4) is 0 Å². The number of hydrogen-bond donors (Lipinski definition) is 1. The number of hydrogen-bond acceptors (Lipinski definition) is 5. The van der Waals surface area contributed by atoms with Gasteiger partial charge in [0.2, 0.25) is 0 Å². The van der Waals surface area contributed by atoms with E-state index >= 15 is 0 Å². The molecule has 0 spiro atoms. The molecular formula is C27H25ClN6OS. The van der Waals surface area contributed by atoms with Crippen LogP contribution < -0.4 is 5.43 Å². The summed E-state index contributed by atoms with van der Waals surface area (Å²) >= 11 is 7.32. The molecule has 0 aliphatic rings. The fourth-order valence-electron chi connectivity index (χ4n) is 4.33. The van der Waals surface area contributed by atoms with Crippen LogP contribution in [-0.2, 0) is 17.9 Å². The van der Waals surface area contributed by atoms with E-state index in [4.69, 9.17) is 11.6 Å². The van der Waals surface area contributed by atoms with Gasteiger partial charge in [-0.15, -0.1) is 10.2 Å². The van der Waals surface area contributed by atoms with Crippen LogP contribution in [0.2, 0.25) is 5.02 Å². The minimum absolute atomic E-state index is 0.180. The molecule has 2 heterocycles. The molecule has 0 saturated carbocycles. The topological polar surface area (TPSA) is 77.1 Å². The van der Waals surface area contributed by atoms with E-state index in [0.717, 1.165) is 23.5 Å². The number of para-hydroxylation sites is 1. The minimum atomic E-state index is -0.210. The van der Waals surface area contributed by atoms with Crippen molar-refractivity contribution < 1.29 is 4.79 Å². The van der Waals surface area contributed by atoms with Crippen molar-refractivity contribution in [3.63, 3.8) is 0 Å². The maximum atomic E-state index is 12.4. The molecule has 1 N–H and O–H groups in total. The standard InChI is InChI=1S/C27H25ClN6OS/c1-3-33-23-8-6-5-7-21(23)22-15-18(9-14-24(22)33)16-29-30-25(35)17-36-27-32-31-26(34(27)4-2)19-10-12-20(28)13-11-19/h5-16H,3-4,17H2,1-2H3,(H,30,35). The van der Waals surface area contributed by atoms with Gasteiger partial charge in [0.1, 0.15) is 0 Å². The molecule has 2 aromatic heterocycles. The highest BCUT2D eigenvalue weighted by Crippen LogP contribution is 2.29. The van der Waals surface area contributed by atoms with Gasteiger partial charge in [0, 0.05) is 45.5 Å². The Morgan fingerprint density at radius 3 is 2.50 bits per heavy atom. The molecule has 0 unspecified atom stereocenters. The third-order valence-electron chi connectivity index (χ3n) is 5.98. The third-order valence-corrected chi connectivity index (χ3v) is 7.20. The summed E-state index contributed by atoms with van der Waals surface area (Å²) in [6.07, 6.45) is 1.67. The average molecular weight is 517 g/mol. The predicted molar refractivity (Wildman–Crippen MR) is 148 cm³/mol. The first-order chi connectivity index (χ1) is 17.6. The number of benzene rings is 3. The summed E-state index contributed by atoms with van der Waals surface area (Å²) in [6.45, 7) is 5.75. The lowest BCUT2D eigenvalue weighted by molar-refractivity contribution is -0.118. The summed E-state index contributed by atoms with van der Waals surface area (Å²) < 4.78 is 4.28. The van der Waals surface area contributed by atoms with Gasteiger partial charge in [-0.3, -0.25) is 4.79 Å². The fourth-order valence-corrected chi connectivity index (χ4v) is 5.25. The number of carbonyl (C=O) groups excluding carboxylic acids is 1. The minimum Gasteiger partial charge on any atom is -0.341 e. The van der Waals surface area contributed by atoms with E-state index in [9.17, 15) is 4.79 Å². The summed E-state index contributed by atoms with van der Waals surface area (Å²) in [5, 5.41) is 16.5. The number of nitrogens with zero attached hydrogens (tertiary/aromatic N) is 5. The molecule has 0 aliphatic heterocycles. The molecule has 0 bridgehead atoms. The second-order valence-electron chi connectivity index (χ2n) is 8.18. The lowest BCUT2D eigenvalue weighted by Gasteiger charge is -2.07. The SMILES string of the molecule is CCn1c(SCC(=O)NN=Cc2ccc3c(c2)c2ccccc2n3CC)nnc1-c1ccc(Cl)cc1. The quantitative estimate of drug-likeness (QED) is 0.156. The molecular weight excluding hydrogens is 492 g/mol. The molecule has 3 aromatic carbocycles. The summed E-state index contributed by atoms with van der Waals surface area (Å²) in [7, 11) is 0. The Balaban J connectivity index is 1.24. The van der Waals surface area contributed by atoms with Gasteiger partial charge in [-0.2, -0.15) is 5.10 Å². The zero-order valence-electron chi connectivity index (χ0n) is 20.0. The number of aryl methyl sites for hydroxylation is 1. The summed E-state index contributed by atoms with van der Waals surface area (Å²) in [6, 6.07) is 22.1. The highest BCUT2D eigenvalue weighted by Gasteiger charge is 2.14. The van der Waals surface area contributed by atoms with Crippen LogP contribution in [0.15, 0.2) is 77.0 Å². The Labute approximate surface area is 218 Å². The van der Waals surface area contributed by atoms with Crippen LogP contribution in [0.1, 0.15) is 19.4 Å². The van der Waals surface area contributed by atoms with E-state index < -0.39 is 0 Å². The predicted octanol–water partition coefficient (Wildman–Crippen LogP) is 5.99. The number of fused-ring (bicyclic) bond motifs is 3. The summed E-state index contributed by atoms with van der Waals surface area (Å²) in [4.78, 5) is 12.4. The van der Waals surface area contributed by atoms with Crippen LogP contribution in [-0.4, -0.2) is 37.2 Å². The number of nitrogens with one attached hydrogen (secondary N) is 1. The van der Waals surface area contributed by atoms with Crippen molar-refractivity contribution in [2.45, 2.75) is 32.1 Å². The molecule has 0 aliphatic carbocycles. The number of thioether (sulfide) groups is 1. The van der Waals surface area contributed by atoms with E-state index in [1.54, 1.807) is 6.21 Å². The normalized spacial score (nSPS) is 11.6. The van der Waals surface area contributed by atoms with Crippen molar-refractivity contribution in [2.24, 2.45) is 5.10 Å². The first-order valence-electron chi connectivity index (χ1n) is 11.7. The van der Waals surface area contributed by atoms with Crippen molar-refractivity contribution >= 4 is 57.3 Å². The number of hydrazone groups is 1. The molecule has 36 heavy (non-hydrogen) atoms. The first kappa shape index (κ1) is 24.1. The van der Waals surface area contributed by atoms with Gasteiger partial charge in [-0.05, 0) is 61.9 Å². The van der Waals surface area contributed by atoms with Crippen molar-refractivity contribution in [1.82, 2.24) is 24.8 Å². The van der Waals surface area contributed by atoms with Gasteiger partial charge in [0.25, 0.3) is 5.91 Å². The molecule has 0 radical (unpaired) electrons. The molecule has 0 atom stereocenters. The number of aromatic nitrogens is 4. The highest BCUT2D eigenvalue weighted by molar-refractivity contribution is 7.99. The van der Waals surface area contributed by atoms with E-state index in [1.807, 2.05) is 41.8 Å². The van der Waals surface area contributed by atoms with Crippen LogP contribution in [0.25, 0.3) is 33.2 Å². The van der Waals surface area contributed by atoms with E-state index in [-0.39, 0.29) is 11.7 Å². The molecule has 7 nitrogen and oxygen atoms in total. The smallest absolute Gasteiger partial charge is 0.250 e. The molecule has 0 fully saturated rings. The Kier molecular flexibility index (Phi) is 7.06. The zero-order chi connectivity index (χ0) is 25.1. The molecule has 182 valence electrons. The van der Waals surface area contributed by atoms with E-state index in [2.05, 4.69) is 68.6 Å². The lowest BCUT2D eigenvalue weighted by Crippen LogP contribution is -2.20. The van der Waals surface area contributed by atoms with Gasteiger partial charge in [-0.1, -0.05) is 47.6 Å². The second kappa shape index (κ2) is 10.6. The van der Waals surface area contributed by atoms with Crippen molar-refractivity contribution in [1.29, 1.82) is 0 Å². The van der Waals surface area contributed by atoms with Gasteiger partial charge < -0.3 is 9.13 Å². The lowest BCUT2D eigenvalue weighted by atomic mass is 10.1. The van der Waals surface area contributed by atoms with Gasteiger partial charge in [0.05, 0.1) is 12.0 Å². The van der Waals surface area contributed by atoms with Gasteiger partial charge in [0.15, 0.2) is 11.0 Å². The molecule has 5 rings (SSSR count). The van der Waals surface area contributed by atoms with Gasteiger partial charge >= 0.3 is 0 Å². The fraction of sp³-hybridized carbons (Fsp3) is 0.185. The van der Waals surface area contributed by atoms with Crippen molar-refractivity contribution in [2.75, 3.05) is 5.75 Å². The largest absolute Gasteiger partial charge is 0.341 e. The molecule has 5 aromatic rings. The Bertz CT molecular complexity index is 1570. The molecule has 1 amide bonds. The van der Waals surface area contributed by atoms with Crippen LogP contribution in [0.4, 0.5) is 0 Å². The van der Waals surface area contributed by atoms with Gasteiger partial charge in [-0.25, -0.2) is 5.43 Å². The average Bonchev–Trinajstić information content (AvgIpc) is 3.46. The van der Waals surface area contributed by atoms with Crippen LogP contribution in [0.5, 0.6) is 0 Å². The monoisotopic (exact) mass is 516 g/mol. The van der Waals surface area contributed by atoms with Crippen molar-refractivity contribution in [3.8, 4) is 11.4 Å². The zero-order valence-corrected chi connectivity index (χ0v) is 21.6. The maximum absolute atomic E-state index is 12.4. The summed E-state index contributed by atoms with van der Waals surface area (Å²) in [5.74, 6) is 0.715. The van der Waals surface area contributed by atoms with Crippen LogP contribution in [0, 0.1) is 0 Å². The molecule has 9 heteroatoms. The van der Waals surface area contributed by atoms with Crippen molar-refractivity contribution in [3.05, 3.63) is 77.3 Å². The second-order valence-corrected chi connectivity index (χ2v) is 9.56. The Morgan fingerprint density at radius 2 is 1.72 bits per heavy atom. The number of halogens is 1. The Morgan fingerprint density at radius 1 is 0.972 bits per heavy atom. The van der Waals surface area contributed by atoms with E-state index in [0.29, 0.717) is 16.7 Å². The third kappa shape index (κ3) is 4.74. The maximum Gasteiger partial charge on any atom is 0.250 e. The Hall–Kier alpha value is -3.62. The molecule has 0 saturated heterocycles. The number of rotatable bonds is 8. The first-order valence-corrected chi connectivity index (χ1v) is 13.1. The number of amides is 1. The summed E-state index contributed by atoms with van der Waals surface area (Å²) in [5.41, 5.74) is 6.87. The van der Waals surface area contributed by atoms with Crippen LogP contribution >= 0.6 is 23.4 Å². The highest BCUT2D eigenvalue weighted by atomic mass is 35.5. The van der Waals surface area contributed by atoms with E-state index in [1.165, 1.54) is 33.6 Å². The number of carbonyl (C=O) groups is 1.